The van der Waals surface area contributed by atoms with E-state index in [0.29, 0.717) is 32.4 Å². The summed E-state index contributed by atoms with van der Waals surface area (Å²) < 4.78 is 54.5. The lowest BCUT2D eigenvalue weighted by atomic mass is 9.87. The summed E-state index contributed by atoms with van der Waals surface area (Å²) in [5.41, 5.74) is 4.75. The summed E-state index contributed by atoms with van der Waals surface area (Å²) in [5, 5.41) is 2.78. The number of nitrogens with one attached hydrogen (secondary N) is 1. The van der Waals surface area contributed by atoms with E-state index < -0.39 is 35.6 Å². The van der Waals surface area contributed by atoms with Gasteiger partial charge in [-0.15, -0.1) is 0 Å². The molecule has 3 atom stereocenters. The number of anilines is 3. The van der Waals surface area contributed by atoms with Gasteiger partial charge in [-0.25, -0.2) is 9.97 Å². The summed E-state index contributed by atoms with van der Waals surface area (Å²) in [4.78, 5) is 39.0. The molecule has 206 valence electrons. The number of nitrogens with two attached hydrogens (primary N) is 1. The van der Waals surface area contributed by atoms with Crippen molar-refractivity contribution < 1.29 is 27.2 Å². The van der Waals surface area contributed by atoms with Crippen LogP contribution in [0, 0.1) is 11.7 Å². The van der Waals surface area contributed by atoms with Crippen molar-refractivity contribution in [3.8, 4) is 0 Å². The van der Waals surface area contributed by atoms with Gasteiger partial charge in [0, 0.05) is 44.4 Å². The Hall–Kier alpha value is -3.35. The van der Waals surface area contributed by atoms with E-state index in [1.807, 2.05) is 0 Å². The second kappa shape index (κ2) is 10.8. The van der Waals surface area contributed by atoms with Crippen molar-refractivity contribution in [3.63, 3.8) is 0 Å². The third kappa shape index (κ3) is 5.71. The molecule has 0 radical (unpaired) electrons. The molecule has 3 heterocycles. The first-order chi connectivity index (χ1) is 17.9. The Labute approximate surface area is 221 Å². The van der Waals surface area contributed by atoms with E-state index in [0.717, 1.165) is 18.5 Å². The molecule has 3 N–H and O–H groups in total. The van der Waals surface area contributed by atoms with Crippen LogP contribution in [0.5, 0.6) is 0 Å². The Morgan fingerprint density at radius 2 is 1.92 bits per heavy atom. The Bertz CT molecular complexity index is 1210. The molecule has 2 aromatic rings. The third-order valence-electron chi connectivity index (χ3n) is 6.88. The summed E-state index contributed by atoms with van der Waals surface area (Å²) in [6.07, 6.45) is -2.20. The van der Waals surface area contributed by atoms with Gasteiger partial charge in [0.05, 0.1) is 17.5 Å². The molecule has 2 aliphatic rings. The van der Waals surface area contributed by atoms with Crippen LogP contribution in [0.1, 0.15) is 24.8 Å². The Morgan fingerprint density at radius 3 is 2.61 bits per heavy atom. The molecular formula is C24H28ClF4N7O2. The van der Waals surface area contributed by atoms with Crippen molar-refractivity contribution in [2.75, 3.05) is 49.7 Å². The summed E-state index contributed by atoms with van der Waals surface area (Å²) in [6.45, 7) is 0.760. The highest BCUT2D eigenvalue weighted by atomic mass is 35.5. The zero-order valence-electron chi connectivity index (χ0n) is 20.8. The van der Waals surface area contributed by atoms with E-state index in [9.17, 15) is 27.2 Å². The number of halogens is 5. The molecule has 0 aliphatic carbocycles. The van der Waals surface area contributed by atoms with Crippen LogP contribution in [0.25, 0.3) is 0 Å². The van der Waals surface area contributed by atoms with Crippen molar-refractivity contribution in [2.24, 2.45) is 5.92 Å². The van der Waals surface area contributed by atoms with Gasteiger partial charge in [0.25, 0.3) is 0 Å². The number of amides is 2. The van der Waals surface area contributed by atoms with Gasteiger partial charge in [0.2, 0.25) is 17.6 Å². The van der Waals surface area contributed by atoms with Crippen molar-refractivity contribution >= 4 is 40.7 Å². The zero-order chi connectivity index (χ0) is 27.8. The summed E-state index contributed by atoms with van der Waals surface area (Å²) in [7, 11) is 3.24. The largest absolute Gasteiger partial charge is 0.416 e. The quantitative estimate of drug-likeness (QED) is 0.543. The lowest BCUT2D eigenvalue weighted by molar-refractivity contribution is -0.143. The van der Waals surface area contributed by atoms with E-state index in [4.69, 9.17) is 17.3 Å². The maximum atomic E-state index is 14.7. The van der Waals surface area contributed by atoms with E-state index >= 15 is 0 Å². The number of likely N-dealkylation sites (tertiary alicyclic amines) is 1. The van der Waals surface area contributed by atoms with Crippen molar-refractivity contribution in [1.29, 1.82) is 0 Å². The predicted molar refractivity (Wildman–Crippen MR) is 134 cm³/mol. The first kappa shape index (κ1) is 27.7. The van der Waals surface area contributed by atoms with Crippen molar-refractivity contribution in [3.05, 3.63) is 40.9 Å². The van der Waals surface area contributed by atoms with Crippen LogP contribution in [0.3, 0.4) is 0 Å². The monoisotopic (exact) mass is 557 g/mol. The van der Waals surface area contributed by atoms with E-state index in [2.05, 4.69) is 15.3 Å². The molecule has 1 aromatic heterocycles. The number of carbonyl (C=O) groups excluding carboxylic acids is 2. The standard InChI is InChI=1S/C24H28ClF4N7O2/c1-34(2)22(37)16-5-7-35(21-19(26)20(30)31-12-32-21)11-18(16)36-6-3-4-17(23(36)38)33-15-9-13(24(27,28)29)8-14(25)10-15/h8-10,12,16-18,33H,3-7,11H2,1-2H3,(H2,30,31,32)/t16-,17+,18-/m1/s1. The van der Waals surface area contributed by atoms with Crippen LogP contribution >= 0.6 is 11.6 Å². The average Bonchev–Trinajstić information content (AvgIpc) is 2.85. The molecule has 0 unspecified atom stereocenters. The number of nitrogen functional groups attached to an aromatic ring is 1. The molecule has 0 saturated carbocycles. The van der Waals surface area contributed by atoms with Gasteiger partial charge in [-0.3, -0.25) is 9.59 Å². The zero-order valence-corrected chi connectivity index (χ0v) is 21.6. The lowest BCUT2D eigenvalue weighted by Gasteiger charge is -2.47. The number of piperidine rings is 2. The van der Waals surface area contributed by atoms with Gasteiger partial charge in [-0.2, -0.15) is 17.6 Å². The summed E-state index contributed by atoms with van der Waals surface area (Å²) in [5.74, 6) is -2.21. The molecule has 9 nitrogen and oxygen atoms in total. The number of carbonyl (C=O) groups is 2. The minimum absolute atomic E-state index is 0.0176. The number of aromatic nitrogens is 2. The minimum atomic E-state index is -4.60. The van der Waals surface area contributed by atoms with E-state index in [1.54, 1.807) is 23.9 Å². The van der Waals surface area contributed by atoms with E-state index in [1.165, 1.54) is 11.0 Å². The average molecular weight is 558 g/mol. The fourth-order valence-corrected chi connectivity index (χ4v) is 5.29. The highest BCUT2D eigenvalue weighted by Gasteiger charge is 2.44. The van der Waals surface area contributed by atoms with Crippen LogP contribution in [0.4, 0.5) is 34.9 Å². The van der Waals surface area contributed by atoms with Crippen molar-refractivity contribution in [1.82, 2.24) is 19.8 Å². The highest BCUT2D eigenvalue weighted by Crippen LogP contribution is 2.35. The second-order valence-corrected chi connectivity index (χ2v) is 10.1. The van der Waals surface area contributed by atoms with Crippen LogP contribution in [-0.2, 0) is 15.8 Å². The fourth-order valence-electron chi connectivity index (χ4n) is 5.05. The van der Waals surface area contributed by atoms with Gasteiger partial charge in [-0.1, -0.05) is 11.6 Å². The molecule has 2 fully saturated rings. The predicted octanol–water partition coefficient (Wildman–Crippen LogP) is 3.26. The highest BCUT2D eigenvalue weighted by molar-refractivity contribution is 6.31. The third-order valence-corrected chi connectivity index (χ3v) is 7.10. The molecule has 4 rings (SSSR count). The van der Waals surface area contributed by atoms with Gasteiger partial charge in [-0.05, 0) is 37.5 Å². The van der Waals surface area contributed by atoms with E-state index in [-0.39, 0.29) is 40.7 Å². The minimum Gasteiger partial charge on any atom is -0.381 e. The maximum Gasteiger partial charge on any atom is 0.416 e. The molecule has 2 saturated heterocycles. The van der Waals surface area contributed by atoms with Gasteiger partial charge < -0.3 is 25.8 Å². The molecule has 14 heteroatoms. The first-order valence-corrected chi connectivity index (χ1v) is 12.4. The molecule has 2 aliphatic heterocycles. The van der Waals surface area contributed by atoms with Gasteiger partial charge in [0.1, 0.15) is 12.4 Å². The lowest BCUT2D eigenvalue weighted by Crippen LogP contribution is -2.62. The molecule has 38 heavy (non-hydrogen) atoms. The van der Waals surface area contributed by atoms with Crippen LogP contribution in [0.15, 0.2) is 24.5 Å². The SMILES string of the molecule is CN(C)C(=O)[C@@H]1CCN(c2ncnc(N)c2F)C[C@H]1N1CCC[C@H](Nc2cc(Cl)cc(C(F)(F)F)c2)C1=O. The molecule has 1 aromatic carbocycles. The fraction of sp³-hybridized carbons (Fsp3) is 0.500. The van der Waals surface area contributed by atoms with Gasteiger partial charge >= 0.3 is 6.18 Å². The smallest absolute Gasteiger partial charge is 0.381 e. The van der Waals surface area contributed by atoms with Crippen LogP contribution < -0.4 is 16.0 Å². The van der Waals surface area contributed by atoms with Crippen LogP contribution in [0.2, 0.25) is 5.02 Å². The number of hydrogen-bond donors (Lipinski definition) is 2. The second-order valence-electron chi connectivity index (χ2n) is 9.63. The number of hydrogen-bond acceptors (Lipinski definition) is 7. The van der Waals surface area contributed by atoms with Crippen molar-refractivity contribution in [2.45, 2.75) is 37.5 Å². The molecular weight excluding hydrogens is 530 g/mol. The Kier molecular flexibility index (Phi) is 7.86. The summed E-state index contributed by atoms with van der Waals surface area (Å²) in [6, 6.07) is 1.58. The Balaban J connectivity index is 1.61. The number of alkyl halides is 3. The topological polar surface area (TPSA) is 108 Å². The number of nitrogens with zero attached hydrogens (tertiary/aromatic N) is 5. The van der Waals surface area contributed by atoms with Gasteiger partial charge in [0.15, 0.2) is 11.6 Å². The number of benzene rings is 1. The molecule has 2 amide bonds. The first-order valence-electron chi connectivity index (χ1n) is 12.0. The van der Waals surface area contributed by atoms with Crippen LogP contribution in [-0.4, -0.2) is 77.4 Å². The Morgan fingerprint density at radius 1 is 1.18 bits per heavy atom. The molecule has 0 spiro atoms. The number of rotatable bonds is 5. The summed E-state index contributed by atoms with van der Waals surface area (Å²) >= 11 is 5.91. The maximum absolute atomic E-state index is 14.7. The normalized spacial score (nSPS) is 22.4. The molecule has 0 bridgehead atoms.